The van der Waals surface area contributed by atoms with Gasteiger partial charge in [-0.25, -0.2) is 4.98 Å². The molecule has 5 heteroatoms. The molecule has 5 N–H and O–H groups in total. The monoisotopic (exact) mass is 347 g/mol. The molecule has 1 aliphatic heterocycles. The van der Waals surface area contributed by atoms with Crippen molar-refractivity contribution in [1.29, 1.82) is 0 Å². The molecule has 0 spiro atoms. The first-order chi connectivity index (χ1) is 12.7. The lowest BCUT2D eigenvalue weighted by atomic mass is 10.1. The molecule has 3 aromatic rings. The highest BCUT2D eigenvalue weighted by Gasteiger charge is 2.36. The summed E-state index contributed by atoms with van der Waals surface area (Å²) in [5.74, 6) is 0.525. The van der Waals surface area contributed by atoms with Crippen LogP contribution in [0.3, 0.4) is 0 Å². The highest BCUT2D eigenvalue weighted by Crippen LogP contribution is 2.46. The number of nitrogens with two attached hydrogens (primary N) is 2. The van der Waals surface area contributed by atoms with E-state index in [1.54, 1.807) is 0 Å². The minimum Gasteiger partial charge on any atom is -0.382 e. The minimum absolute atomic E-state index is 0.107. The number of para-hydroxylation sites is 1. The molecule has 2 aromatic carbocycles. The lowest BCUT2D eigenvalue weighted by molar-refractivity contribution is 0.530. The fraction of sp³-hybridized carbons (Fsp3) is 0.286. The first-order valence-electron chi connectivity index (χ1n) is 9.24. The van der Waals surface area contributed by atoms with Gasteiger partial charge in [0.15, 0.2) is 0 Å². The van der Waals surface area contributed by atoms with E-state index in [0.717, 1.165) is 47.1 Å². The van der Waals surface area contributed by atoms with E-state index in [9.17, 15) is 0 Å². The predicted octanol–water partition coefficient (Wildman–Crippen LogP) is 4.22. The number of pyridine rings is 1. The average Bonchev–Trinajstić information content (AvgIpc) is 3.07. The van der Waals surface area contributed by atoms with Gasteiger partial charge in [-0.05, 0) is 24.5 Å². The van der Waals surface area contributed by atoms with Crippen LogP contribution in [0.1, 0.15) is 37.9 Å². The zero-order valence-corrected chi connectivity index (χ0v) is 15.0. The van der Waals surface area contributed by atoms with Gasteiger partial charge < -0.3 is 21.7 Å². The second-order valence-corrected chi connectivity index (χ2v) is 6.80. The lowest BCUT2D eigenvalue weighted by Gasteiger charge is -2.33. The number of benzene rings is 2. The summed E-state index contributed by atoms with van der Waals surface area (Å²) in [6.45, 7) is 2.20. The second kappa shape index (κ2) is 6.84. The van der Waals surface area contributed by atoms with Gasteiger partial charge in [-0.1, -0.05) is 61.9 Å². The molecule has 0 saturated heterocycles. The summed E-state index contributed by atoms with van der Waals surface area (Å²) >= 11 is 0. The van der Waals surface area contributed by atoms with Gasteiger partial charge in [0.05, 0.1) is 11.2 Å². The van der Waals surface area contributed by atoms with Gasteiger partial charge in [0.1, 0.15) is 23.8 Å². The number of nitrogens with one attached hydrogen (secondary N) is 1. The largest absolute Gasteiger partial charge is 0.382 e. The molecule has 1 aromatic heterocycles. The second-order valence-electron chi connectivity index (χ2n) is 6.80. The highest BCUT2D eigenvalue weighted by molar-refractivity contribution is 6.04. The van der Waals surface area contributed by atoms with Crippen LogP contribution in [-0.4, -0.2) is 11.1 Å². The van der Waals surface area contributed by atoms with E-state index in [1.807, 2.05) is 36.4 Å². The molecule has 0 radical (unpaired) electrons. The fourth-order valence-corrected chi connectivity index (χ4v) is 3.77. The van der Waals surface area contributed by atoms with E-state index in [2.05, 4.69) is 40.3 Å². The molecular formula is C21H25N5. The molecule has 0 amide bonds. The molecule has 0 saturated carbocycles. The zero-order chi connectivity index (χ0) is 18.1. The molecule has 134 valence electrons. The van der Waals surface area contributed by atoms with Crippen molar-refractivity contribution >= 4 is 28.1 Å². The van der Waals surface area contributed by atoms with Crippen LogP contribution < -0.4 is 21.7 Å². The van der Waals surface area contributed by atoms with Gasteiger partial charge in [-0.2, -0.15) is 0 Å². The van der Waals surface area contributed by atoms with Crippen LogP contribution >= 0.6 is 0 Å². The van der Waals surface area contributed by atoms with Crippen LogP contribution in [0.15, 0.2) is 54.6 Å². The maximum Gasteiger partial charge on any atom is 0.150 e. The Morgan fingerprint density at radius 1 is 1.12 bits per heavy atom. The van der Waals surface area contributed by atoms with Crippen LogP contribution in [0.2, 0.25) is 0 Å². The topological polar surface area (TPSA) is 80.2 Å². The van der Waals surface area contributed by atoms with E-state index in [0.29, 0.717) is 5.82 Å². The molecule has 0 bridgehead atoms. The number of nitrogen functional groups attached to an aromatic ring is 1. The Morgan fingerprint density at radius 2 is 1.85 bits per heavy atom. The van der Waals surface area contributed by atoms with Crippen LogP contribution in [-0.2, 0) is 0 Å². The summed E-state index contributed by atoms with van der Waals surface area (Å²) in [7, 11) is 0. The van der Waals surface area contributed by atoms with Crippen molar-refractivity contribution in [2.75, 3.05) is 16.0 Å². The minimum atomic E-state index is -0.280. The molecule has 4 rings (SSSR count). The van der Waals surface area contributed by atoms with Gasteiger partial charge in [0.2, 0.25) is 0 Å². The molecule has 5 nitrogen and oxygen atoms in total. The number of anilines is 3. The van der Waals surface area contributed by atoms with Crippen molar-refractivity contribution in [1.82, 2.24) is 4.98 Å². The zero-order valence-electron chi connectivity index (χ0n) is 15.0. The summed E-state index contributed by atoms with van der Waals surface area (Å²) < 4.78 is 0. The SMILES string of the molecule is CCCCC1Nc2c(c(N)nc3ccccc23)N1C(N)c1ccccc1. The third-order valence-corrected chi connectivity index (χ3v) is 5.07. The lowest BCUT2D eigenvalue weighted by Crippen LogP contribution is -2.42. The fourth-order valence-electron chi connectivity index (χ4n) is 3.77. The number of rotatable bonds is 5. The van der Waals surface area contributed by atoms with E-state index < -0.39 is 0 Å². The summed E-state index contributed by atoms with van der Waals surface area (Å²) in [4.78, 5) is 6.83. The molecule has 2 atom stereocenters. The molecule has 0 aliphatic carbocycles. The predicted molar refractivity (Wildman–Crippen MR) is 109 cm³/mol. The number of aromatic nitrogens is 1. The number of unbranched alkanes of at least 4 members (excludes halogenated alkanes) is 1. The Morgan fingerprint density at radius 3 is 2.62 bits per heavy atom. The molecule has 0 fully saturated rings. The number of hydrogen-bond donors (Lipinski definition) is 3. The Balaban J connectivity index is 1.84. The number of nitrogens with zero attached hydrogens (tertiary/aromatic N) is 2. The van der Waals surface area contributed by atoms with E-state index in [4.69, 9.17) is 11.5 Å². The molecule has 26 heavy (non-hydrogen) atoms. The summed E-state index contributed by atoms with van der Waals surface area (Å²) in [6, 6.07) is 18.3. The highest BCUT2D eigenvalue weighted by atomic mass is 15.4. The Kier molecular flexibility index (Phi) is 4.39. The first kappa shape index (κ1) is 16.7. The van der Waals surface area contributed by atoms with Crippen LogP contribution in [0.4, 0.5) is 17.2 Å². The molecular weight excluding hydrogens is 322 g/mol. The van der Waals surface area contributed by atoms with E-state index in [1.165, 1.54) is 0 Å². The molecule has 1 aliphatic rings. The number of hydrogen-bond acceptors (Lipinski definition) is 5. The third kappa shape index (κ3) is 2.74. The smallest absolute Gasteiger partial charge is 0.150 e. The standard InChI is InChI=1S/C21H25N5/c1-2-3-13-17-25-18-15-11-7-8-12-16(15)24-20(22)19(18)26(17)21(23)14-9-5-4-6-10-14/h4-12,17,21,25H,2-3,13,23H2,1H3,(H2,22,24). The molecule has 2 heterocycles. The van der Waals surface area contributed by atoms with Crippen molar-refractivity contribution in [3.8, 4) is 0 Å². The quantitative estimate of drug-likeness (QED) is 0.644. The van der Waals surface area contributed by atoms with Gasteiger partial charge in [0, 0.05) is 5.39 Å². The van der Waals surface area contributed by atoms with Crippen LogP contribution in [0, 0.1) is 0 Å². The number of fused-ring (bicyclic) bond motifs is 3. The maximum atomic E-state index is 6.69. The van der Waals surface area contributed by atoms with Gasteiger partial charge in [-0.15, -0.1) is 0 Å². The van der Waals surface area contributed by atoms with Gasteiger partial charge in [-0.3, -0.25) is 0 Å². The first-order valence-corrected chi connectivity index (χ1v) is 9.24. The van der Waals surface area contributed by atoms with Gasteiger partial charge >= 0.3 is 0 Å². The summed E-state index contributed by atoms with van der Waals surface area (Å²) in [5, 5.41) is 4.76. The van der Waals surface area contributed by atoms with E-state index >= 15 is 0 Å². The van der Waals surface area contributed by atoms with Crippen LogP contribution in [0.5, 0.6) is 0 Å². The Bertz CT molecular complexity index is 909. The Hall–Kier alpha value is -2.79. The van der Waals surface area contributed by atoms with Crippen molar-refractivity contribution in [3.63, 3.8) is 0 Å². The summed E-state index contributed by atoms with van der Waals surface area (Å²) in [5.41, 5.74) is 17.0. The van der Waals surface area contributed by atoms with Crippen molar-refractivity contribution in [3.05, 3.63) is 60.2 Å². The van der Waals surface area contributed by atoms with Crippen molar-refractivity contribution in [2.45, 2.75) is 38.5 Å². The normalized spacial score (nSPS) is 17.2. The summed E-state index contributed by atoms with van der Waals surface area (Å²) in [6.07, 6.45) is 3.08. The van der Waals surface area contributed by atoms with Crippen LogP contribution in [0.25, 0.3) is 10.9 Å². The third-order valence-electron chi connectivity index (χ3n) is 5.07. The Labute approximate surface area is 154 Å². The van der Waals surface area contributed by atoms with Crippen molar-refractivity contribution in [2.24, 2.45) is 5.73 Å². The van der Waals surface area contributed by atoms with E-state index in [-0.39, 0.29) is 12.3 Å². The van der Waals surface area contributed by atoms with Crippen molar-refractivity contribution < 1.29 is 0 Å². The molecule has 2 unspecified atom stereocenters. The maximum absolute atomic E-state index is 6.69. The average molecular weight is 347 g/mol. The van der Waals surface area contributed by atoms with Gasteiger partial charge in [0.25, 0.3) is 0 Å².